The lowest BCUT2D eigenvalue weighted by Gasteiger charge is -2.49. The summed E-state index contributed by atoms with van der Waals surface area (Å²) in [5.74, 6) is -1.56. The number of carboxylic acids is 1. The molecule has 0 radical (unpaired) electrons. The third kappa shape index (κ3) is 5.68. The normalized spacial score (nSPS) is 28.7. The van der Waals surface area contributed by atoms with Gasteiger partial charge >= 0.3 is 5.97 Å². The number of aliphatic carboxylic acids is 1. The van der Waals surface area contributed by atoms with Crippen molar-refractivity contribution in [2.24, 2.45) is 0 Å². The summed E-state index contributed by atoms with van der Waals surface area (Å²) < 4.78 is 24.0. The molecular formula is C23H23Cl2NO7S. The molecule has 6 atom stereocenters. The van der Waals surface area contributed by atoms with Gasteiger partial charge < -0.3 is 29.4 Å². The number of fused-ring (bicyclic) bond motifs is 1. The Kier molecular flexibility index (Phi) is 8.36. The first-order chi connectivity index (χ1) is 16.4. The van der Waals surface area contributed by atoms with Crippen LogP contribution < -0.4 is 5.32 Å². The maximum atomic E-state index is 13.1. The average Bonchev–Trinajstić information content (AvgIpc) is 2.84. The Hall–Kier alpha value is -1.85. The van der Waals surface area contributed by atoms with Gasteiger partial charge in [-0.2, -0.15) is 0 Å². The zero-order valence-electron chi connectivity index (χ0n) is 18.1. The van der Waals surface area contributed by atoms with Crippen molar-refractivity contribution in [3.63, 3.8) is 0 Å². The quantitative estimate of drug-likeness (QED) is 0.560. The molecule has 2 aliphatic heterocycles. The molecule has 0 saturated carbocycles. The number of thioether (sulfide) groups is 1. The predicted octanol–water partition coefficient (Wildman–Crippen LogP) is 3.76. The minimum atomic E-state index is -1.13. The van der Waals surface area contributed by atoms with Gasteiger partial charge in [-0.3, -0.25) is 4.79 Å². The van der Waals surface area contributed by atoms with E-state index in [0.29, 0.717) is 10.6 Å². The van der Waals surface area contributed by atoms with Gasteiger partial charge in [0.2, 0.25) is 0 Å². The fourth-order valence-corrected chi connectivity index (χ4v) is 5.01. The number of ether oxygens (including phenoxy) is 4. The lowest BCUT2D eigenvalue weighted by atomic mass is 9.96. The lowest BCUT2D eigenvalue weighted by Crippen LogP contribution is -2.66. The van der Waals surface area contributed by atoms with Crippen molar-refractivity contribution in [2.45, 2.75) is 36.1 Å². The van der Waals surface area contributed by atoms with E-state index in [-0.39, 0.29) is 11.6 Å². The first-order valence-electron chi connectivity index (χ1n) is 10.5. The van der Waals surface area contributed by atoms with Crippen LogP contribution in [0.15, 0.2) is 48.5 Å². The molecule has 2 aromatic rings. The molecule has 2 N–H and O–H groups in total. The second-order valence-corrected chi connectivity index (χ2v) is 9.50. The summed E-state index contributed by atoms with van der Waals surface area (Å²) in [5, 5.41) is 12.7. The van der Waals surface area contributed by atoms with E-state index in [1.54, 1.807) is 6.07 Å². The van der Waals surface area contributed by atoms with Crippen LogP contribution in [0.25, 0.3) is 0 Å². The summed E-state index contributed by atoms with van der Waals surface area (Å²) in [6, 6.07) is 13.2. The standard InChI is InChI=1S/C23H23Cl2NO7S/c1-34-23-18(26-21(29)13-7-8-14(24)15(25)9-13)20(30-11-17(27)28)19-16(32-23)10-31-22(33-19)12-5-3-2-4-6-12/h2-9,16,18-20,22-23H,10-11H2,1H3,(H,26,29)(H,27,28)/t16?,18?,19-,20?,22?,23-/m0/s1. The Morgan fingerprint density at radius 2 is 1.91 bits per heavy atom. The van der Waals surface area contributed by atoms with E-state index in [0.717, 1.165) is 5.56 Å². The minimum absolute atomic E-state index is 0.224. The topological polar surface area (TPSA) is 103 Å². The van der Waals surface area contributed by atoms with Gasteiger partial charge in [-0.1, -0.05) is 53.5 Å². The molecule has 2 aromatic carbocycles. The number of nitrogens with one attached hydrogen (secondary N) is 1. The summed E-state index contributed by atoms with van der Waals surface area (Å²) in [5.41, 5.74) is 0.567. The van der Waals surface area contributed by atoms with Gasteiger partial charge in [-0.15, -0.1) is 11.8 Å². The van der Waals surface area contributed by atoms with Crippen LogP contribution in [0.4, 0.5) is 0 Å². The molecule has 1 amide bonds. The van der Waals surface area contributed by atoms with Gasteiger partial charge in [0.15, 0.2) is 6.29 Å². The van der Waals surface area contributed by atoms with E-state index in [1.807, 2.05) is 36.6 Å². The Balaban J connectivity index is 1.60. The smallest absolute Gasteiger partial charge is 0.329 e. The molecule has 34 heavy (non-hydrogen) atoms. The highest BCUT2D eigenvalue weighted by Gasteiger charge is 2.51. The summed E-state index contributed by atoms with van der Waals surface area (Å²) in [7, 11) is 0. The Bertz CT molecular complexity index is 1030. The molecule has 2 fully saturated rings. The molecule has 0 aromatic heterocycles. The molecule has 4 unspecified atom stereocenters. The highest BCUT2D eigenvalue weighted by molar-refractivity contribution is 7.99. The van der Waals surface area contributed by atoms with Gasteiger partial charge in [-0.25, -0.2) is 4.79 Å². The van der Waals surface area contributed by atoms with Crippen molar-refractivity contribution in [3.05, 3.63) is 69.7 Å². The van der Waals surface area contributed by atoms with Crippen LogP contribution >= 0.6 is 35.0 Å². The Labute approximate surface area is 210 Å². The molecular weight excluding hydrogens is 505 g/mol. The second-order valence-electron chi connectivity index (χ2n) is 7.75. The first-order valence-corrected chi connectivity index (χ1v) is 12.5. The maximum Gasteiger partial charge on any atom is 0.329 e. The van der Waals surface area contributed by atoms with E-state index >= 15 is 0 Å². The van der Waals surface area contributed by atoms with Crippen LogP contribution in [0.5, 0.6) is 0 Å². The van der Waals surface area contributed by atoms with Gasteiger partial charge in [0.25, 0.3) is 5.91 Å². The van der Waals surface area contributed by atoms with E-state index in [2.05, 4.69) is 5.32 Å². The molecule has 11 heteroatoms. The molecule has 4 rings (SSSR count). The molecule has 0 aliphatic carbocycles. The summed E-state index contributed by atoms with van der Waals surface area (Å²) in [4.78, 5) is 24.4. The fraction of sp³-hybridized carbons (Fsp3) is 0.391. The molecule has 182 valence electrons. The predicted molar refractivity (Wildman–Crippen MR) is 127 cm³/mol. The number of rotatable bonds is 7. The van der Waals surface area contributed by atoms with Gasteiger partial charge in [-0.05, 0) is 24.5 Å². The molecule has 8 nitrogen and oxygen atoms in total. The number of hydrogen-bond acceptors (Lipinski definition) is 7. The number of hydrogen-bond donors (Lipinski definition) is 2. The van der Waals surface area contributed by atoms with Crippen molar-refractivity contribution < 1.29 is 33.6 Å². The third-order valence-corrected chi connectivity index (χ3v) is 7.13. The van der Waals surface area contributed by atoms with Gasteiger partial charge in [0.1, 0.15) is 30.4 Å². The van der Waals surface area contributed by atoms with Crippen LogP contribution in [0.2, 0.25) is 10.0 Å². The lowest BCUT2D eigenvalue weighted by molar-refractivity contribution is -0.311. The number of carbonyl (C=O) groups excluding carboxylic acids is 1. The SMILES string of the molecule is CS[C@@H]1OC2COC(c3ccccc3)O[C@@H]2C(OCC(=O)O)C1NC(=O)c1ccc(Cl)c(Cl)c1. The molecule has 0 spiro atoms. The molecule has 2 saturated heterocycles. The molecule has 2 heterocycles. The van der Waals surface area contributed by atoms with Crippen LogP contribution in [0.1, 0.15) is 22.2 Å². The van der Waals surface area contributed by atoms with Crippen LogP contribution in [-0.2, 0) is 23.7 Å². The number of amides is 1. The summed E-state index contributed by atoms with van der Waals surface area (Å²) in [6.45, 7) is -0.337. The molecule has 2 aliphatic rings. The van der Waals surface area contributed by atoms with E-state index < -0.39 is 54.6 Å². The number of benzene rings is 2. The summed E-state index contributed by atoms with van der Waals surface area (Å²) in [6.07, 6.45) is -0.849. The number of carbonyl (C=O) groups is 2. The highest BCUT2D eigenvalue weighted by Crippen LogP contribution is 2.37. The maximum absolute atomic E-state index is 13.1. The molecule has 0 bridgehead atoms. The Morgan fingerprint density at radius 1 is 1.15 bits per heavy atom. The van der Waals surface area contributed by atoms with Crippen molar-refractivity contribution >= 4 is 46.8 Å². The largest absolute Gasteiger partial charge is 0.480 e. The Morgan fingerprint density at radius 3 is 2.59 bits per heavy atom. The van der Waals surface area contributed by atoms with Crippen molar-refractivity contribution in [1.29, 1.82) is 0 Å². The second kappa shape index (κ2) is 11.3. The highest BCUT2D eigenvalue weighted by atomic mass is 35.5. The van der Waals surface area contributed by atoms with Crippen molar-refractivity contribution in [1.82, 2.24) is 5.32 Å². The number of halogens is 2. The zero-order valence-corrected chi connectivity index (χ0v) is 20.4. The van der Waals surface area contributed by atoms with E-state index in [4.69, 9.17) is 42.1 Å². The van der Waals surface area contributed by atoms with Crippen LogP contribution in [-0.4, -0.2) is 66.2 Å². The van der Waals surface area contributed by atoms with Crippen molar-refractivity contribution in [2.75, 3.05) is 19.5 Å². The first kappa shape index (κ1) is 25.2. The average molecular weight is 528 g/mol. The van der Waals surface area contributed by atoms with Crippen LogP contribution in [0, 0.1) is 0 Å². The monoisotopic (exact) mass is 527 g/mol. The fourth-order valence-electron chi connectivity index (χ4n) is 3.94. The zero-order chi connectivity index (χ0) is 24.2. The number of carboxylic acid groups (broad SMARTS) is 1. The van der Waals surface area contributed by atoms with Crippen molar-refractivity contribution in [3.8, 4) is 0 Å². The summed E-state index contributed by atoms with van der Waals surface area (Å²) >= 11 is 13.4. The van der Waals surface area contributed by atoms with Gasteiger partial charge in [0.05, 0.1) is 22.7 Å². The van der Waals surface area contributed by atoms with E-state index in [9.17, 15) is 14.7 Å². The third-order valence-electron chi connectivity index (χ3n) is 5.52. The minimum Gasteiger partial charge on any atom is -0.480 e. The van der Waals surface area contributed by atoms with E-state index in [1.165, 1.54) is 23.9 Å². The van der Waals surface area contributed by atoms with Gasteiger partial charge in [0, 0.05) is 11.1 Å². The van der Waals surface area contributed by atoms with Crippen LogP contribution in [0.3, 0.4) is 0 Å².